The van der Waals surface area contributed by atoms with Crippen molar-refractivity contribution in [3.05, 3.63) is 0 Å². The molecule has 4 aliphatic carbocycles. The first-order chi connectivity index (χ1) is 10.5. The van der Waals surface area contributed by atoms with Gasteiger partial charge < -0.3 is 15.5 Å². The van der Waals surface area contributed by atoms with Crippen LogP contribution in [0.15, 0.2) is 0 Å². The van der Waals surface area contributed by atoms with Gasteiger partial charge in [0.2, 0.25) is 5.91 Å². The highest BCUT2D eigenvalue weighted by atomic mass is 16.2. The van der Waals surface area contributed by atoms with Crippen LogP contribution in [0.25, 0.3) is 0 Å². The van der Waals surface area contributed by atoms with Crippen LogP contribution in [0, 0.1) is 17.8 Å². The van der Waals surface area contributed by atoms with Crippen molar-refractivity contribution in [2.75, 3.05) is 13.1 Å². The van der Waals surface area contributed by atoms with Crippen LogP contribution in [0.2, 0.25) is 0 Å². The fourth-order valence-electron chi connectivity index (χ4n) is 5.89. The molecule has 3 amide bonds. The first-order valence-corrected chi connectivity index (χ1v) is 8.85. The molecule has 0 aromatic carbocycles. The van der Waals surface area contributed by atoms with E-state index in [-0.39, 0.29) is 23.5 Å². The Morgan fingerprint density at radius 3 is 2.14 bits per heavy atom. The molecular formula is C17H27N3O2. The van der Waals surface area contributed by atoms with E-state index in [1.54, 1.807) is 6.92 Å². The van der Waals surface area contributed by atoms with E-state index in [9.17, 15) is 9.59 Å². The van der Waals surface area contributed by atoms with E-state index in [1.807, 2.05) is 4.90 Å². The number of likely N-dealkylation sites (tertiary alicyclic amines) is 1. The minimum atomic E-state index is -0.0163. The van der Waals surface area contributed by atoms with Crippen LogP contribution >= 0.6 is 0 Å². The zero-order chi connectivity index (χ0) is 15.3. The Kier molecular flexibility index (Phi) is 3.35. The second-order valence-electron chi connectivity index (χ2n) is 8.25. The van der Waals surface area contributed by atoms with E-state index in [4.69, 9.17) is 0 Å². The van der Waals surface area contributed by atoms with E-state index in [1.165, 1.54) is 38.5 Å². The molecule has 5 rings (SSSR count). The normalized spacial score (nSPS) is 42.5. The van der Waals surface area contributed by atoms with Gasteiger partial charge in [-0.2, -0.15) is 0 Å². The standard InChI is InChI=1S/C17H27N3O2/c1-11(21)20-3-2-15(10-20)18-16(22)19-17-7-12-4-13(8-17)6-14(5-12)9-17/h12-15H,2-10H2,1H3,(H2,18,19,22). The summed E-state index contributed by atoms with van der Waals surface area (Å²) in [5.74, 6) is 2.62. The van der Waals surface area contributed by atoms with Crippen molar-refractivity contribution in [2.45, 2.75) is 63.5 Å². The SMILES string of the molecule is CC(=O)N1CCC(NC(=O)NC23CC4CC(CC(C4)C2)C3)C1. The number of amides is 3. The first-order valence-electron chi connectivity index (χ1n) is 8.85. The summed E-state index contributed by atoms with van der Waals surface area (Å²) in [7, 11) is 0. The molecule has 1 unspecified atom stereocenters. The summed E-state index contributed by atoms with van der Waals surface area (Å²) in [6, 6.07) is 0.0927. The molecule has 0 aromatic rings. The van der Waals surface area contributed by atoms with E-state index in [2.05, 4.69) is 10.6 Å². The van der Waals surface area contributed by atoms with Gasteiger partial charge in [-0.3, -0.25) is 4.79 Å². The fraction of sp³-hybridized carbons (Fsp3) is 0.882. The predicted octanol–water partition coefficient (Wildman–Crippen LogP) is 1.88. The Labute approximate surface area is 132 Å². The summed E-state index contributed by atoms with van der Waals surface area (Å²) in [6.45, 7) is 3.01. The van der Waals surface area contributed by atoms with Gasteiger partial charge in [-0.15, -0.1) is 0 Å². The number of carbonyl (C=O) groups is 2. The quantitative estimate of drug-likeness (QED) is 0.818. The van der Waals surface area contributed by atoms with Crippen molar-refractivity contribution in [3.8, 4) is 0 Å². The molecule has 1 atom stereocenters. The van der Waals surface area contributed by atoms with E-state index < -0.39 is 0 Å². The second-order valence-corrected chi connectivity index (χ2v) is 8.25. The molecule has 1 saturated heterocycles. The maximum Gasteiger partial charge on any atom is 0.315 e. The summed E-state index contributed by atoms with van der Waals surface area (Å²) < 4.78 is 0. The van der Waals surface area contributed by atoms with E-state index in [0.29, 0.717) is 6.54 Å². The van der Waals surface area contributed by atoms with Gasteiger partial charge in [-0.25, -0.2) is 4.79 Å². The average molecular weight is 305 g/mol. The summed E-state index contributed by atoms with van der Waals surface area (Å²) in [5, 5.41) is 6.44. The maximum atomic E-state index is 12.4. The van der Waals surface area contributed by atoms with Crippen LogP contribution in [0.1, 0.15) is 51.9 Å². The minimum absolute atomic E-state index is 0.0163. The zero-order valence-electron chi connectivity index (χ0n) is 13.4. The summed E-state index contributed by atoms with van der Waals surface area (Å²) in [5.41, 5.74) is 0.0672. The van der Waals surface area contributed by atoms with Crippen LogP contribution < -0.4 is 10.6 Å². The number of urea groups is 1. The van der Waals surface area contributed by atoms with Crippen LogP contribution in [-0.4, -0.2) is 41.5 Å². The number of nitrogens with zero attached hydrogens (tertiary/aromatic N) is 1. The summed E-state index contributed by atoms with van der Waals surface area (Å²) in [4.78, 5) is 25.6. The maximum absolute atomic E-state index is 12.4. The number of nitrogens with one attached hydrogen (secondary N) is 2. The lowest BCUT2D eigenvalue weighted by Gasteiger charge is -2.56. The highest BCUT2D eigenvalue weighted by Gasteiger charge is 2.51. The van der Waals surface area contributed by atoms with Gasteiger partial charge in [0.15, 0.2) is 0 Å². The molecule has 22 heavy (non-hydrogen) atoms. The van der Waals surface area contributed by atoms with Crippen molar-refractivity contribution < 1.29 is 9.59 Å². The van der Waals surface area contributed by atoms with Crippen LogP contribution in [0.3, 0.4) is 0 Å². The molecule has 5 fully saturated rings. The van der Waals surface area contributed by atoms with Gasteiger partial charge >= 0.3 is 6.03 Å². The van der Waals surface area contributed by atoms with Crippen molar-refractivity contribution >= 4 is 11.9 Å². The van der Waals surface area contributed by atoms with Crippen LogP contribution in [0.4, 0.5) is 4.79 Å². The van der Waals surface area contributed by atoms with Gasteiger partial charge in [0.05, 0.1) is 0 Å². The van der Waals surface area contributed by atoms with Crippen molar-refractivity contribution in [1.82, 2.24) is 15.5 Å². The Bertz CT molecular complexity index is 455. The monoisotopic (exact) mass is 305 g/mol. The lowest BCUT2D eigenvalue weighted by molar-refractivity contribution is -0.127. The number of carbonyl (C=O) groups excluding carboxylic acids is 2. The lowest BCUT2D eigenvalue weighted by atomic mass is 9.53. The molecule has 1 aliphatic heterocycles. The van der Waals surface area contributed by atoms with Crippen molar-refractivity contribution in [3.63, 3.8) is 0 Å². The Balaban J connectivity index is 1.34. The molecule has 0 spiro atoms. The molecular weight excluding hydrogens is 278 g/mol. The smallest absolute Gasteiger partial charge is 0.315 e. The van der Waals surface area contributed by atoms with Crippen molar-refractivity contribution in [1.29, 1.82) is 0 Å². The van der Waals surface area contributed by atoms with Gasteiger partial charge in [-0.05, 0) is 62.7 Å². The molecule has 5 aliphatic rings. The fourth-order valence-corrected chi connectivity index (χ4v) is 5.89. The lowest BCUT2D eigenvalue weighted by Crippen LogP contribution is -2.62. The van der Waals surface area contributed by atoms with Gasteiger partial charge in [-0.1, -0.05) is 0 Å². The Hall–Kier alpha value is -1.26. The third-order valence-corrected chi connectivity index (χ3v) is 6.39. The van der Waals surface area contributed by atoms with Gasteiger partial charge in [0.1, 0.15) is 0 Å². The molecule has 0 radical (unpaired) electrons. The molecule has 5 nitrogen and oxygen atoms in total. The Morgan fingerprint density at radius 2 is 1.64 bits per heavy atom. The van der Waals surface area contributed by atoms with E-state index in [0.717, 1.165) is 30.7 Å². The molecule has 1 heterocycles. The second kappa shape index (κ2) is 5.14. The molecule has 4 bridgehead atoms. The number of hydrogen-bond donors (Lipinski definition) is 2. The van der Waals surface area contributed by atoms with E-state index >= 15 is 0 Å². The van der Waals surface area contributed by atoms with Crippen LogP contribution in [-0.2, 0) is 4.79 Å². The van der Waals surface area contributed by atoms with Gasteiger partial charge in [0.25, 0.3) is 0 Å². The van der Waals surface area contributed by atoms with Crippen molar-refractivity contribution in [2.24, 2.45) is 17.8 Å². The summed E-state index contributed by atoms with van der Waals surface area (Å²) >= 11 is 0. The highest BCUT2D eigenvalue weighted by Crippen LogP contribution is 2.55. The molecule has 0 aromatic heterocycles. The molecule has 122 valence electrons. The predicted molar refractivity (Wildman–Crippen MR) is 83.2 cm³/mol. The highest BCUT2D eigenvalue weighted by molar-refractivity contribution is 5.76. The number of rotatable bonds is 2. The third-order valence-electron chi connectivity index (χ3n) is 6.39. The first kappa shape index (κ1) is 14.3. The third kappa shape index (κ3) is 2.59. The zero-order valence-corrected chi connectivity index (χ0v) is 13.4. The molecule has 2 N–H and O–H groups in total. The topological polar surface area (TPSA) is 61.4 Å². The minimum Gasteiger partial charge on any atom is -0.341 e. The Morgan fingerprint density at radius 1 is 1.05 bits per heavy atom. The van der Waals surface area contributed by atoms with Crippen LogP contribution in [0.5, 0.6) is 0 Å². The number of hydrogen-bond acceptors (Lipinski definition) is 2. The average Bonchev–Trinajstić information content (AvgIpc) is 2.84. The summed E-state index contributed by atoms with van der Waals surface area (Å²) in [6.07, 6.45) is 8.56. The van der Waals surface area contributed by atoms with Gasteiger partial charge in [0, 0.05) is 31.6 Å². The molecule has 5 heteroatoms. The molecule has 4 saturated carbocycles. The largest absolute Gasteiger partial charge is 0.341 e.